The van der Waals surface area contributed by atoms with E-state index in [1.54, 1.807) is 14.2 Å². The third-order valence-corrected chi connectivity index (χ3v) is 5.48. The monoisotopic (exact) mass is 440 g/mol. The molecule has 0 saturated heterocycles. The van der Waals surface area contributed by atoms with Gasteiger partial charge in [-0.05, 0) is 60.0 Å². The molecule has 0 aliphatic heterocycles. The van der Waals surface area contributed by atoms with Crippen LogP contribution in [0.5, 0.6) is 11.5 Å². The molecule has 3 aromatic rings. The van der Waals surface area contributed by atoms with E-state index in [0.717, 1.165) is 33.6 Å². The molecule has 0 radical (unpaired) electrons. The number of benzene rings is 3. The van der Waals surface area contributed by atoms with E-state index >= 15 is 0 Å². The zero-order valence-electron chi connectivity index (χ0n) is 16.1. The molecule has 0 aromatic heterocycles. The highest BCUT2D eigenvalue weighted by atomic mass is 79.9. The van der Waals surface area contributed by atoms with Gasteiger partial charge in [0, 0.05) is 16.2 Å². The lowest BCUT2D eigenvalue weighted by atomic mass is 9.94. The molecule has 0 aliphatic rings. The van der Waals surface area contributed by atoms with Crippen LogP contribution in [0.2, 0.25) is 0 Å². The Morgan fingerprint density at radius 3 is 2.29 bits per heavy atom. The molecule has 4 nitrogen and oxygen atoms in total. The van der Waals surface area contributed by atoms with Crippen molar-refractivity contribution in [2.75, 3.05) is 19.5 Å². The topological polar surface area (TPSA) is 56.5 Å². The van der Waals surface area contributed by atoms with Gasteiger partial charge in [-0.3, -0.25) is 0 Å². The summed E-state index contributed by atoms with van der Waals surface area (Å²) in [6.07, 6.45) is 0.729. The Morgan fingerprint density at radius 1 is 0.893 bits per heavy atom. The predicted molar refractivity (Wildman–Crippen MR) is 118 cm³/mol. The average Bonchev–Trinajstić information content (AvgIpc) is 2.74. The quantitative estimate of drug-likeness (QED) is 0.505. The number of nitrogens with one attached hydrogen (secondary N) is 1. The van der Waals surface area contributed by atoms with Crippen molar-refractivity contribution in [3.63, 3.8) is 0 Å². The van der Waals surface area contributed by atoms with Crippen molar-refractivity contribution in [3.05, 3.63) is 88.4 Å². The molecule has 3 N–H and O–H groups in total. The van der Waals surface area contributed by atoms with E-state index in [2.05, 4.69) is 33.4 Å². The Bertz CT molecular complexity index is 899. The van der Waals surface area contributed by atoms with Gasteiger partial charge in [-0.25, -0.2) is 0 Å². The summed E-state index contributed by atoms with van der Waals surface area (Å²) in [5, 5.41) is 3.59. The van der Waals surface area contributed by atoms with E-state index in [-0.39, 0.29) is 12.1 Å². The summed E-state index contributed by atoms with van der Waals surface area (Å²) in [7, 11) is 3.33. The molecule has 5 heteroatoms. The first-order chi connectivity index (χ1) is 13.6. The standard InChI is InChI=1S/C23H25BrN2O2/c1-27-19-12-10-18(11-13-19)26-23(17-7-5-8-20(14-17)28-2)22(25)15-16-6-3-4-9-21(16)24/h3-14,22-23,26H,15,25H2,1-2H3/t22-,23+/m0/s1. The Kier molecular flexibility index (Phi) is 6.95. The van der Waals surface area contributed by atoms with Crippen LogP contribution in [0.15, 0.2) is 77.3 Å². The normalized spacial score (nSPS) is 12.9. The molecule has 0 amide bonds. The first-order valence-corrected chi connectivity index (χ1v) is 9.93. The molecule has 0 spiro atoms. The van der Waals surface area contributed by atoms with Gasteiger partial charge >= 0.3 is 0 Å². The zero-order valence-corrected chi connectivity index (χ0v) is 17.6. The van der Waals surface area contributed by atoms with Crippen LogP contribution < -0.4 is 20.5 Å². The molecular formula is C23H25BrN2O2. The number of anilines is 1. The molecule has 0 aliphatic carbocycles. The lowest BCUT2D eigenvalue weighted by molar-refractivity contribution is 0.413. The van der Waals surface area contributed by atoms with E-state index in [0.29, 0.717) is 0 Å². The van der Waals surface area contributed by atoms with Gasteiger partial charge in [-0.15, -0.1) is 0 Å². The van der Waals surface area contributed by atoms with Crippen molar-refractivity contribution in [2.45, 2.75) is 18.5 Å². The van der Waals surface area contributed by atoms with Gasteiger partial charge in [0.2, 0.25) is 0 Å². The first-order valence-electron chi connectivity index (χ1n) is 9.14. The van der Waals surface area contributed by atoms with E-state index in [4.69, 9.17) is 15.2 Å². The molecule has 0 bridgehead atoms. The lowest BCUT2D eigenvalue weighted by Crippen LogP contribution is -2.35. The van der Waals surface area contributed by atoms with Gasteiger partial charge in [0.1, 0.15) is 11.5 Å². The second kappa shape index (κ2) is 9.62. The number of hydrogen-bond acceptors (Lipinski definition) is 4. The van der Waals surface area contributed by atoms with Crippen LogP contribution in [0.1, 0.15) is 17.2 Å². The lowest BCUT2D eigenvalue weighted by Gasteiger charge is -2.27. The van der Waals surface area contributed by atoms with E-state index < -0.39 is 0 Å². The zero-order chi connectivity index (χ0) is 19.9. The Balaban J connectivity index is 1.89. The Hall–Kier alpha value is -2.50. The molecule has 0 heterocycles. The minimum Gasteiger partial charge on any atom is -0.497 e. The number of ether oxygens (including phenoxy) is 2. The van der Waals surface area contributed by atoms with Crippen LogP contribution in [0.4, 0.5) is 5.69 Å². The molecule has 28 heavy (non-hydrogen) atoms. The maximum Gasteiger partial charge on any atom is 0.119 e. The van der Waals surface area contributed by atoms with Crippen LogP contribution in [0.25, 0.3) is 0 Å². The van der Waals surface area contributed by atoms with Crippen LogP contribution in [-0.4, -0.2) is 20.3 Å². The first kappa shape index (κ1) is 20.2. The second-order valence-electron chi connectivity index (χ2n) is 6.59. The average molecular weight is 441 g/mol. The van der Waals surface area contributed by atoms with Crippen molar-refractivity contribution in [2.24, 2.45) is 5.73 Å². The van der Waals surface area contributed by atoms with Crippen LogP contribution in [0.3, 0.4) is 0 Å². The largest absolute Gasteiger partial charge is 0.497 e. The van der Waals surface area contributed by atoms with Crippen molar-refractivity contribution in [3.8, 4) is 11.5 Å². The highest BCUT2D eigenvalue weighted by molar-refractivity contribution is 9.10. The van der Waals surface area contributed by atoms with E-state index in [1.165, 1.54) is 5.56 Å². The maximum absolute atomic E-state index is 6.70. The van der Waals surface area contributed by atoms with Crippen molar-refractivity contribution in [1.82, 2.24) is 0 Å². The van der Waals surface area contributed by atoms with Crippen molar-refractivity contribution in [1.29, 1.82) is 0 Å². The molecule has 0 saturated carbocycles. The third-order valence-electron chi connectivity index (χ3n) is 4.71. The van der Waals surface area contributed by atoms with Gasteiger partial charge in [0.05, 0.1) is 20.3 Å². The fourth-order valence-corrected chi connectivity index (χ4v) is 3.62. The van der Waals surface area contributed by atoms with Crippen molar-refractivity contribution < 1.29 is 9.47 Å². The number of halogens is 1. The van der Waals surface area contributed by atoms with Gasteiger partial charge in [-0.2, -0.15) is 0 Å². The summed E-state index contributed by atoms with van der Waals surface area (Å²) in [6.45, 7) is 0. The maximum atomic E-state index is 6.70. The molecule has 3 rings (SSSR count). The third kappa shape index (κ3) is 5.06. The van der Waals surface area contributed by atoms with Crippen LogP contribution in [0, 0.1) is 0 Å². The number of methoxy groups -OCH3 is 2. The minimum atomic E-state index is -0.145. The van der Waals surface area contributed by atoms with Gasteiger partial charge < -0.3 is 20.5 Å². The minimum absolute atomic E-state index is 0.0874. The second-order valence-corrected chi connectivity index (χ2v) is 7.44. The van der Waals surface area contributed by atoms with Gasteiger partial charge in [0.15, 0.2) is 0 Å². The van der Waals surface area contributed by atoms with Crippen LogP contribution in [-0.2, 0) is 6.42 Å². The van der Waals surface area contributed by atoms with E-state index in [9.17, 15) is 0 Å². The molecule has 146 valence electrons. The molecule has 0 unspecified atom stereocenters. The van der Waals surface area contributed by atoms with Gasteiger partial charge in [-0.1, -0.05) is 46.3 Å². The SMILES string of the molecule is COc1ccc(N[C@H](c2cccc(OC)c2)[C@@H](N)Cc2ccccc2Br)cc1. The Morgan fingerprint density at radius 2 is 1.61 bits per heavy atom. The highest BCUT2D eigenvalue weighted by Crippen LogP contribution is 2.29. The molecule has 2 atom stereocenters. The predicted octanol–water partition coefficient (Wildman–Crippen LogP) is 5.19. The summed E-state index contributed by atoms with van der Waals surface area (Å²) < 4.78 is 11.7. The van der Waals surface area contributed by atoms with E-state index in [1.807, 2.05) is 60.7 Å². The molecular weight excluding hydrogens is 416 g/mol. The summed E-state index contributed by atoms with van der Waals surface area (Å²) in [5.74, 6) is 1.63. The fraction of sp³-hybridized carbons (Fsp3) is 0.217. The number of hydrogen-bond donors (Lipinski definition) is 2. The molecule has 0 fully saturated rings. The fourth-order valence-electron chi connectivity index (χ4n) is 3.18. The van der Waals surface area contributed by atoms with Crippen molar-refractivity contribution >= 4 is 21.6 Å². The number of rotatable bonds is 8. The van der Waals surface area contributed by atoms with Gasteiger partial charge in [0.25, 0.3) is 0 Å². The summed E-state index contributed by atoms with van der Waals surface area (Å²) >= 11 is 3.63. The highest BCUT2D eigenvalue weighted by Gasteiger charge is 2.21. The summed E-state index contributed by atoms with van der Waals surface area (Å²) in [6, 6.07) is 23.8. The van der Waals surface area contributed by atoms with Crippen LogP contribution >= 0.6 is 15.9 Å². The smallest absolute Gasteiger partial charge is 0.119 e. The molecule has 3 aromatic carbocycles. The Labute approximate surface area is 174 Å². The summed E-state index contributed by atoms with van der Waals surface area (Å²) in [5.41, 5.74) is 9.94. The summed E-state index contributed by atoms with van der Waals surface area (Å²) in [4.78, 5) is 0. The number of nitrogens with two attached hydrogens (primary N) is 1.